The Morgan fingerprint density at radius 1 is 1.40 bits per heavy atom. The molecule has 5 nitrogen and oxygen atoms in total. The van der Waals surface area contributed by atoms with E-state index in [0.29, 0.717) is 16.8 Å². The van der Waals surface area contributed by atoms with E-state index in [0.717, 1.165) is 5.56 Å². The zero-order chi connectivity index (χ0) is 14.7. The van der Waals surface area contributed by atoms with Gasteiger partial charge in [-0.15, -0.1) is 0 Å². The van der Waals surface area contributed by atoms with Crippen LogP contribution in [-0.4, -0.2) is 13.1 Å². The van der Waals surface area contributed by atoms with Gasteiger partial charge in [0.2, 0.25) is 0 Å². The fourth-order valence-corrected chi connectivity index (χ4v) is 2.34. The molecule has 0 saturated carbocycles. The fraction of sp³-hybridized carbons (Fsp3) is 0.200. The van der Waals surface area contributed by atoms with Crippen molar-refractivity contribution in [2.75, 3.05) is 7.11 Å². The van der Waals surface area contributed by atoms with Gasteiger partial charge in [0.05, 0.1) is 30.2 Å². The molecule has 2 rings (SSSR count). The predicted octanol–water partition coefficient (Wildman–Crippen LogP) is 1.51. The molecule has 20 heavy (non-hydrogen) atoms. The predicted molar refractivity (Wildman–Crippen MR) is 73.9 cm³/mol. The molecular weight excluding hydrogens is 254 g/mol. The van der Waals surface area contributed by atoms with Crippen LogP contribution in [0.15, 0.2) is 53.0 Å². The Morgan fingerprint density at radius 3 is 2.60 bits per heavy atom. The van der Waals surface area contributed by atoms with E-state index in [9.17, 15) is 10.1 Å². The van der Waals surface area contributed by atoms with Crippen molar-refractivity contribution in [1.82, 2.24) is 5.32 Å². The van der Waals surface area contributed by atoms with Gasteiger partial charge in [0.25, 0.3) is 0 Å². The average molecular weight is 269 g/mol. The Balaban J connectivity index is 2.63. The lowest BCUT2D eigenvalue weighted by Crippen LogP contribution is -2.32. The van der Waals surface area contributed by atoms with Crippen LogP contribution < -0.4 is 11.1 Å². The van der Waals surface area contributed by atoms with Crippen LogP contribution in [0.25, 0.3) is 0 Å². The maximum atomic E-state index is 12.0. The van der Waals surface area contributed by atoms with Crippen molar-refractivity contribution in [2.24, 2.45) is 5.73 Å². The van der Waals surface area contributed by atoms with Gasteiger partial charge in [-0.3, -0.25) is 0 Å². The van der Waals surface area contributed by atoms with Gasteiger partial charge in [-0.1, -0.05) is 30.3 Å². The molecule has 0 saturated heterocycles. The highest BCUT2D eigenvalue weighted by Gasteiger charge is 2.34. The van der Waals surface area contributed by atoms with Gasteiger partial charge < -0.3 is 15.8 Å². The van der Waals surface area contributed by atoms with Crippen LogP contribution in [0.2, 0.25) is 0 Å². The minimum absolute atomic E-state index is 0.270. The molecule has 102 valence electrons. The maximum absolute atomic E-state index is 12.0. The summed E-state index contributed by atoms with van der Waals surface area (Å²) in [6.07, 6.45) is 0. The number of nitrogens with two attached hydrogens (primary N) is 1. The third-order valence-corrected chi connectivity index (χ3v) is 3.25. The molecule has 0 aromatic heterocycles. The highest BCUT2D eigenvalue weighted by Crippen LogP contribution is 2.36. The third-order valence-electron chi connectivity index (χ3n) is 3.25. The molecule has 1 aliphatic rings. The molecule has 0 spiro atoms. The first-order valence-corrected chi connectivity index (χ1v) is 6.11. The summed E-state index contributed by atoms with van der Waals surface area (Å²) in [5.74, 6) is -0.703. The monoisotopic (exact) mass is 269 g/mol. The van der Waals surface area contributed by atoms with E-state index in [2.05, 4.69) is 11.4 Å². The van der Waals surface area contributed by atoms with Crippen molar-refractivity contribution in [1.29, 1.82) is 5.26 Å². The van der Waals surface area contributed by atoms with Crippen LogP contribution >= 0.6 is 0 Å². The van der Waals surface area contributed by atoms with E-state index >= 15 is 0 Å². The van der Waals surface area contributed by atoms with Crippen molar-refractivity contribution < 1.29 is 9.53 Å². The van der Waals surface area contributed by atoms with Crippen LogP contribution in [0.4, 0.5) is 0 Å². The summed E-state index contributed by atoms with van der Waals surface area (Å²) in [5, 5.41) is 12.2. The summed E-state index contributed by atoms with van der Waals surface area (Å²) in [4.78, 5) is 12.0. The summed E-state index contributed by atoms with van der Waals surface area (Å²) in [6, 6.07) is 11.4. The molecule has 5 heteroatoms. The van der Waals surface area contributed by atoms with Gasteiger partial charge in [0, 0.05) is 5.70 Å². The number of allylic oxidation sites excluding steroid dienone is 2. The van der Waals surface area contributed by atoms with Gasteiger partial charge >= 0.3 is 5.97 Å². The van der Waals surface area contributed by atoms with E-state index in [-0.39, 0.29) is 5.82 Å². The van der Waals surface area contributed by atoms with Gasteiger partial charge in [0.15, 0.2) is 0 Å². The first kappa shape index (κ1) is 13.7. The first-order chi connectivity index (χ1) is 9.60. The Bertz CT molecular complexity index is 639. The molecule has 3 N–H and O–H groups in total. The van der Waals surface area contributed by atoms with E-state index < -0.39 is 11.9 Å². The van der Waals surface area contributed by atoms with Crippen LogP contribution in [0.5, 0.6) is 0 Å². The lowest BCUT2D eigenvalue weighted by molar-refractivity contribution is -0.136. The maximum Gasteiger partial charge on any atom is 0.336 e. The minimum Gasteiger partial charge on any atom is -0.466 e. The van der Waals surface area contributed by atoms with Crippen molar-refractivity contribution in [3.05, 3.63) is 58.6 Å². The first-order valence-electron chi connectivity index (χ1n) is 6.11. The van der Waals surface area contributed by atoms with Gasteiger partial charge in [-0.25, -0.2) is 4.79 Å². The number of rotatable bonds is 2. The molecule has 1 heterocycles. The van der Waals surface area contributed by atoms with Gasteiger partial charge in [-0.05, 0) is 12.5 Å². The number of nitrogens with zero attached hydrogens (tertiary/aromatic N) is 1. The Hall–Kier alpha value is -2.74. The number of carbonyl (C=O) groups excluding carboxylic acids is 1. The Kier molecular flexibility index (Phi) is 3.76. The quantitative estimate of drug-likeness (QED) is 0.795. The molecule has 0 fully saturated rings. The van der Waals surface area contributed by atoms with Crippen LogP contribution in [0.3, 0.4) is 0 Å². The number of ether oxygens (including phenoxy) is 1. The van der Waals surface area contributed by atoms with E-state index in [1.165, 1.54) is 7.11 Å². The molecule has 1 atom stereocenters. The van der Waals surface area contributed by atoms with Gasteiger partial charge in [0.1, 0.15) is 5.82 Å². The summed E-state index contributed by atoms with van der Waals surface area (Å²) < 4.78 is 4.83. The summed E-state index contributed by atoms with van der Waals surface area (Å²) in [7, 11) is 1.32. The molecule has 1 aromatic carbocycles. The second-order valence-electron chi connectivity index (χ2n) is 4.44. The van der Waals surface area contributed by atoms with Gasteiger partial charge in [-0.2, -0.15) is 5.26 Å². The average Bonchev–Trinajstić information content (AvgIpc) is 2.46. The lowest BCUT2D eigenvalue weighted by atomic mass is 9.82. The highest BCUT2D eigenvalue weighted by molar-refractivity contribution is 5.92. The standard InChI is InChI=1S/C15H15N3O2/c1-9-12(15(19)20-2)13(10-6-4-3-5-7-10)11(8-16)14(17)18-9/h3-7,13,18H,17H2,1-2H3. The number of nitriles is 1. The third kappa shape index (κ3) is 2.24. The van der Waals surface area contributed by atoms with Crippen LogP contribution in [0.1, 0.15) is 18.4 Å². The number of carbonyl (C=O) groups is 1. The molecule has 1 aromatic rings. The molecule has 0 radical (unpaired) electrons. The number of nitrogens with one attached hydrogen (secondary N) is 1. The zero-order valence-electron chi connectivity index (χ0n) is 11.3. The summed E-state index contributed by atoms with van der Waals surface area (Å²) in [5.41, 5.74) is 8.03. The normalized spacial score (nSPS) is 18.4. The fourth-order valence-electron chi connectivity index (χ4n) is 2.34. The van der Waals surface area contributed by atoms with Crippen molar-refractivity contribution >= 4 is 5.97 Å². The summed E-state index contributed by atoms with van der Waals surface area (Å²) >= 11 is 0. The van der Waals surface area contributed by atoms with Crippen molar-refractivity contribution in [3.63, 3.8) is 0 Å². The number of esters is 1. The molecule has 0 bridgehead atoms. The van der Waals surface area contributed by atoms with E-state index in [1.807, 2.05) is 30.3 Å². The van der Waals surface area contributed by atoms with E-state index in [4.69, 9.17) is 10.5 Å². The van der Waals surface area contributed by atoms with Crippen molar-refractivity contribution in [2.45, 2.75) is 12.8 Å². The smallest absolute Gasteiger partial charge is 0.336 e. The largest absolute Gasteiger partial charge is 0.466 e. The molecule has 1 unspecified atom stereocenters. The SMILES string of the molecule is COC(=O)C1=C(C)NC(N)=C(C#N)C1c1ccccc1. The Morgan fingerprint density at radius 2 is 2.05 bits per heavy atom. The van der Waals surface area contributed by atoms with Crippen LogP contribution in [-0.2, 0) is 9.53 Å². The number of hydrogen-bond acceptors (Lipinski definition) is 5. The second kappa shape index (κ2) is 5.49. The summed E-state index contributed by atoms with van der Waals surface area (Å²) in [6.45, 7) is 1.74. The van der Waals surface area contributed by atoms with Crippen molar-refractivity contribution in [3.8, 4) is 6.07 Å². The highest BCUT2D eigenvalue weighted by atomic mass is 16.5. The number of dihydropyridines is 1. The molecule has 0 amide bonds. The van der Waals surface area contributed by atoms with Crippen LogP contribution in [0, 0.1) is 11.3 Å². The molecule has 1 aliphatic heterocycles. The molecule has 0 aliphatic carbocycles. The lowest BCUT2D eigenvalue weighted by Gasteiger charge is -2.27. The minimum atomic E-state index is -0.505. The number of methoxy groups -OCH3 is 1. The Labute approximate surface area is 117 Å². The molecular formula is C15H15N3O2. The number of hydrogen-bond donors (Lipinski definition) is 2. The van der Waals surface area contributed by atoms with E-state index in [1.54, 1.807) is 6.92 Å². The topological polar surface area (TPSA) is 88.1 Å². The second-order valence-corrected chi connectivity index (χ2v) is 4.44. The zero-order valence-corrected chi connectivity index (χ0v) is 11.3. The number of benzene rings is 1.